The molecule has 4 heteroatoms. The summed E-state index contributed by atoms with van der Waals surface area (Å²) in [6.45, 7) is 3.77. The van der Waals surface area contributed by atoms with Crippen molar-refractivity contribution in [1.29, 1.82) is 0 Å². The maximum absolute atomic E-state index is 9.16. The van der Waals surface area contributed by atoms with Crippen LogP contribution in [0.4, 0.5) is 5.82 Å². The largest absolute Gasteiger partial charge is 0.393 e. The van der Waals surface area contributed by atoms with E-state index in [-0.39, 0.29) is 12.1 Å². The summed E-state index contributed by atoms with van der Waals surface area (Å²) in [5.41, 5.74) is 0. The van der Waals surface area contributed by atoms with Crippen LogP contribution in [0, 0.1) is 0 Å². The van der Waals surface area contributed by atoms with Crippen molar-refractivity contribution in [2.45, 2.75) is 32.4 Å². The maximum atomic E-state index is 9.16. The highest BCUT2D eigenvalue weighted by molar-refractivity contribution is 6.30. The van der Waals surface area contributed by atoms with Gasteiger partial charge in [0.25, 0.3) is 0 Å². The van der Waals surface area contributed by atoms with E-state index in [1.54, 1.807) is 19.2 Å². The minimum absolute atomic E-state index is 0.198. The minimum Gasteiger partial charge on any atom is -0.393 e. The zero-order chi connectivity index (χ0) is 10.6. The lowest BCUT2D eigenvalue weighted by molar-refractivity contribution is 0.179. The van der Waals surface area contributed by atoms with Gasteiger partial charge < -0.3 is 10.4 Å². The molecule has 14 heavy (non-hydrogen) atoms. The molecule has 3 nitrogen and oxygen atoms in total. The number of hydrogen-bond donors (Lipinski definition) is 2. The van der Waals surface area contributed by atoms with Gasteiger partial charge in [0, 0.05) is 12.2 Å². The summed E-state index contributed by atoms with van der Waals surface area (Å²) in [6.07, 6.45) is 1.99. The molecule has 1 heterocycles. The second-order valence-corrected chi connectivity index (χ2v) is 3.93. The van der Waals surface area contributed by atoms with Crippen molar-refractivity contribution < 1.29 is 5.11 Å². The highest BCUT2D eigenvalue weighted by atomic mass is 35.5. The smallest absolute Gasteiger partial charge is 0.126 e. The zero-order valence-corrected chi connectivity index (χ0v) is 9.12. The Morgan fingerprint density at radius 2 is 2.21 bits per heavy atom. The van der Waals surface area contributed by atoms with Crippen LogP contribution in [-0.4, -0.2) is 22.2 Å². The SMILES string of the molecule is CC(O)CC(C)Nc1ccc(Cl)cn1. The van der Waals surface area contributed by atoms with Crippen LogP contribution in [0.1, 0.15) is 20.3 Å². The fraction of sp³-hybridized carbons (Fsp3) is 0.500. The Bertz CT molecular complexity index is 274. The molecule has 2 unspecified atom stereocenters. The Labute approximate surface area is 89.1 Å². The predicted molar refractivity (Wildman–Crippen MR) is 58.6 cm³/mol. The van der Waals surface area contributed by atoms with Gasteiger partial charge in [-0.1, -0.05) is 11.6 Å². The molecule has 0 aliphatic heterocycles. The highest BCUT2D eigenvalue weighted by Gasteiger charge is 2.05. The van der Waals surface area contributed by atoms with Crippen LogP contribution in [0.5, 0.6) is 0 Å². The summed E-state index contributed by atoms with van der Waals surface area (Å²) >= 11 is 5.70. The number of aromatic nitrogens is 1. The fourth-order valence-electron chi connectivity index (χ4n) is 1.28. The Morgan fingerprint density at radius 3 is 2.71 bits per heavy atom. The van der Waals surface area contributed by atoms with Crippen molar-refractivity contribution in [3.63, 3.8) is 0 Å². The normalized spacial score (nSPS) is 14.9. The van der Waals surface area contributed by atoms with E-state index in [0.717, 1.165) is 5.82 Å². The van der Waals surface area contributed by atoms with Crippen molar-refractivity contribution >= 4 is 17.4 Å². The first-order valence-electron chi connectivity index (χ1n) is 4.64. The number of anilines is 1. The van der Waals surface area contributed by atoms with E-state index in [0.29, 0.717) is 11.4 Å². The van der Waals surface area contributed by atoms with Crippen molar-refractivity contribution in [3.8, 4) is 0 Å². The van der Waals surface area contributed by atoms with Gasteiger partial charge in [0.2, 0.25) is 0 Å². The molecule has 1 rings (SSSR count). The summed E-state index contributed by atoms with van der Waals surface area (Å²) < 4.78 is 0. The maximum Gasteiger partial charge on any atom is 0.126 e. The number of aliphatic hydroxyl groups excluding tert-OH is 1. The zero-order valence-electron chi connectivity index (χ0n) is 8.37. The van der Waals surface area contributed by atoms with E-state index in [2.05, 4.69) is 10.3 Å². The topological polar surface area (TPSA) is 45.1 Å². The average Bonchev–Trinajstić information content (AvgIpc) is 2.07. The van der Waals surface area contributed by atoms with Crippen LogP contribution in [0.15, 0.2) is 18.3 Å². The molecule has 2 N–H and O–H groups in total. The lowest BCUT2D eigenvalue weighted by Crippen LogP contribution is -2.21. The molecule has 0 radical (unpaired) electrons. The quantitative estimate of drug-likeness (QED) is 0.809. The van der Waals surface area contributed by atoms with Gasteiger partial charge in [-0.05, 0) is 32.4 Å². The molecule has 1 aromatic heterocycles. The number of pyridine rings is 1. The third-order valence-corrected chi connectivity index (χ3v) is 2.04. The van der Waals surface area contributed by atoms with Crippen LogP contribution < -0.4 is 5.32 Å². The first kappa shape index (κ1) is 11.3. The molecule has 0 spiro atoms. The van der Waals surface area contributed by atoms with Crippen LogP contribution in [-0.2, 0) is 0 Å². The molecule has 0 bridgehead atoms. The second kappa shape index (κ2) is 5.17. The van der Waals surface area contributed by atoms with Crippen LogP contribution in [0.2, 0.25) is 5.02 Å². The monoisotopic (exact) mass is 214 g/mol. The number of nitrogens with one attached hydrogen (secondary N) is 1. The van der Waals surface area contributed by atoms with Crippen molar-refractivity contribution in [2.75, 3.05) is 5.32 Å². The van der Waals surface area contributed by atoms with Gasteiger partial charge in [-0.2, -0.15) is 0 Å². The molecule has 1 aromatic rings. The number of nitrogens with zero attached hydrogens (tertiary/aromatic N) is 1. The third kappa shape index (κ3) is 3.94. The molecular weight excluding hydrogens is 200 g/mol. The van der Waals surface area contributed by atoms with Gasteiger partial charge >= 0.3 is 0 Å². The number of hydrogen-bond acceptors (Lipinski definition) is 3. The van der Waals surface area contributed by atoms with E-state index >= 15 is 0 Å². The molecule has 2 atom stereocenters. The fourth-order valence-corrected chi connectivity index (χ4v) is 1.40. The molecule has 0 aliphatic rings. The lowest BCUT2D eigenvalue weighted by atomic mass is 10.1. The Kier molecular flexibility index (Phi) is 4.17. The molecule has 0 saturated heterocycles. The lowest BCUT2D eigenvalue weighted by Gasteiger charge is -2.15. The number of rotatable bonds is 4. The average molecular weight is 215 g/mol. The van der Waals surface area contributed by atoms with Crippen molar-refractivity contribution in [2.24, 2.45) is 0 Å². The predicted octanol–water partition coefficient (Wildman–Crippen LogP) is 2.31. The van der Waals surface area contributed by atoms with Crippen molar-refractivity contribution in [1.82, 2.24) is 4.98 Å². The second-order valence-electron chi connectivity index (χ2n) is 3.49. The van der Waals surface area contributed by atoms with Gasteiger partial charge in [0.15, 0.2) is 0 Å². The molecule has 0 aromatic carbocycles. The van der Waals surface area contributed by atoms with E-state index in [1.165, 1.54) is 0 Å². The van der Waals surface area contributed by atoms with Crippen molar-refractivity contribution in [3.05, 3.63) is 23.4 Å². The molecule has 78 valence electrons. The van der Waals surface area contributed by atoms with Gasteiger partial charge in [-0.15, -0.1) is 0 Å². The molecule has 0 fully saturated rings. The summed E-state index contributed by atoms with van der Waals surface area (Å²) in [4.78, 5) is 4.10. The van der Waals surface area contributed by atoms with E-state index in [1.807, 2.05) is 13.0 Å². The third-order valence-electron chi connectivity index (χ3n) is 1.82. The first-order valence-corrected chi connectivity index (χ1v) is 5.02. The standard InChI is InChI=1S/C10H15ClN2O/c1-7(5-8(2)14)13-10-4-3-9(11)6-12-10/h3-4,6-8,14H,5H2,1-2H3,(H,12,13). The summed E-state index contributed by atoms with van der Waals surface area (Å²) in [5.74, 6) is 0.780. The van der Waals surface area contributed by atoms with E-state index < -0.39 is 0 Å². The van der Waals surface area contributed by atoms with Gasteiger partial charge in [-0.3, -0.25) is 0 Å². The summed E-state index contributed by atoms with van der Waals surface area (Å²) in [5, 5.41) is 13.0. The van der Waals surface area contributed by atoms with Gasteiger partial charge in [0.05, 0.1) is 11.1 Å². The summed E-state index contributed by atoms with van der Waals surface area (Å²) in [6, 6.07) is 3.80. The van der Waals surface area contributed by atoms with Crippen LogP contribution in [0.25, 0.3) is 0 Å². The Balaban J connectivity index is 2.47. The highest BCUT2D eigenvalue weighted by Crippen LogP contribution is 2.11. The van der Waals surface area contributed by atoms with Crippen LogP contribution in [0.3, 0.4) is 0 Å². The number of aliphatic hydroxyl groups is 1. The Morgan fingerprint density at radius 1 is 1.50 bits per heavy atom. The van der Waals surface area contributed by atoms with Gasteiger partial charge in [-0.25, -0.2) is 4.98 Å². The molecule has 0 saturated carbocycles. The van der Waals surface area contributed by atoms with Crippen LogP contribution >= 0.6 is 11.6 Å². The van der Waals surface area contributed by atoms with E-state index in [9.17, 15) is 0 Å². The van der Waals surface area contributed by atoms with Gasteiger partial charge in [0.1, 0.15) is 5.82 Å². The van der Waals surface area contributed by atoms with E-state index in [4.69, 9.17) is 16.7 Å². The molecule has 0 aliphatic carbocycles. The molecule has 0 amide bonds. The number of halogens is 1. The minimum atomic E-state index is -0.301. The first-order chi connectivity index (χ1) is 6.58. The Hall–Kier alpha value is -0.800. The molecular formula is C10H15ClN2O. The summed E-state index contributed by atoms with van der Waals surface area (Å²) in [7, 11) is 0.